The van der Waals surface area contributed by atoms with Crippen LogP contribution in [0.4, 0.5) is 22.7 Å². The lowest BCUT2D eigenvalue weighted by molar-refractivity contribution is -0.129. The molecule has 6 aromatic rings. The molecule has 2 aliphatic rings. The summed E-state index contributed by atoms with van der Waals surface area (Å²) >= 11 is 7.12. The van der Waals surface area contributed by atoms with Gasteiger partial charge in [0.2, 0.25) is 23.6 Å². The fourth-order valence-corrected chi connectivity index (χ4v) is 10.00. The van der Waals surface area contributed by atoms with E-state index in [1.807, 2.05) is 60.7 Å². The molecule has 0 saturated heterocycles. The predicted molar refractivity (Wildman–Crippen MR) is 287 cm³/mol. The minimum absolute atomic E-state index is 0.0342. The van der Waals surface area contributed by atoms with E-state index in [0.29, 0.717) is 34.2 Å². The first-order valence-corrected chi connectivity index (χ1v) is 25.1. The number of carbonyl (C=O) groups excluding carboxylic acids is 6. The Labute approximate surface area is 434 Å². The Hall–Kier alpha value is -6.86. The third-order valence-electron chi connectivity index (χ3n) is 13.4. The Bertz CT molecular complexity index is 2890. The Kier molecular flexibility index (Phi) is 15.9. The Morgan fingerprint density at radius 2 is 0.944 bits per heavy atom. The van der Waals surface area contributed by atoms with E-state index < -0.39 is 59.6 Å². The summed E-state index contributed by atoms with van der Waals surface area (Å²) in [4.78, 5) is 92.8. The normalized spacial score (nSPS) is 16.6. The monoisotopic (exact) mass is 1100 g/mol. The third kappa shape index (κ3) is 10.5. The highest BCUT2D eigenvalue weighted by Crippen LogP contribution is 2.40. The average Bonchev–Trinajstić information content (AvgIpc) is 3.57. The maximum Gasteiger partial charge on any atom is 0.251 e. The van der Waals surface area contributed by atoms with Crippen molar-refractivity contribution in [1.29, 1.82) is 0 Å². The van der Waals surface area contributed by atoms with Crippen LogP contribution >= 0.6 is 31.9 Å². The van der Waals surface area contributed by atoms with Gasteiger partial charge in [-0.2, -0.15) is 0 Å². The summed E-state index contributed by atoms with van der Waals surface area (Å²) in [6.45, 7) is 2.94. The summed E-state index contributed by atoms with van der Waals surface area (Å²) in [5, 5.41) is 15.1. The fourth-order valence-electron chi connectivity index (χ4n) is 9.24. The lowest BCUT2D eigenvalue weighted by Gasteiger charge is -2.27. The van der Waals surface area contributed by atoms with E-state index in [1.165, 1.54) is 9.80 Å². The number of halogens is 2. The second-order valence-electron chi connectivity index (χ2n) is 17.7. The van der Waals surface area contributed by atoms with Gasteiger partial charge >= 0.3 is 0 Å². The van der Waals surface area contributed by atoms with Crippen LogP contribution in [-0.4, -0.2) is 101 Å². The zero-order valence-corrected chi connectivity index (χ0v) is 43.9. The minimum atomic E-state index is -1.20. The topological polar surface area (TPSA) is 182 Å². The summed E-state index contributed by atoms with van der Waals surface area (Å²) in [6, 6.07) is 29.5. The van der Waals surface area contributed by atoms with Gasteiger partial charge in [0.1, 0.15) is 23.6 Å². The van der Waals surface area contributed by atoms with Gasteiger partial charge in [0.25, 0.3) is 11.8 Å². The average molecular weight is 1100 g/mol. The molecule has 374 valence electrons. The number of nitrogens with zero attached hydrogens (tertiary/aromatic N) is 4. The molecule has 0 radical (unpaired) electrons. The molecule has 4 N–H and O–H groups in total. The van der Waals surface area contributed by atoms with Crippen molar-refractivity contribution >= 4 is 112 Å². The van der Waals surface area contributed by atoms with E-state index in [2.05, 4.69) is 53.1 Å². The van der Waals surface area contributed by atoms with Crippen molar-refractivity contribution in [2.75, 3.05) is 61.0 Å². The number of hydrogen-bond acceptors (Lipinski definition) is 10. The standard InChI is InChI=1S/C54H56Br2N8O8/c1-31(57-3)51(67)59-41-29-61(43-11-7-9-13-45(43)63(53(41)69)27-39-37-19-17-35(55)25-33(37)15-21-47(39)71-5)49(65)23-24-50(66)62-30-42(60-52(68)32(2)58-4)54(70)64(46-14-10-8-12-44(46)62)28-40-38-20-18-36(56)26-34(38)16-22-48(40)72-6/h7-22,25-26,31-32,41-42,57-58H,23-24,27-30H2,1-6H3,(H,59,67)(H,60,68)/t31-,32-,41-,42-/m0/s1. The van der Waals surface area contributed by atoms with E-state index >= 15 is 0 Å². The maximum absolute atomic E-state index is 15.0. The predicted octanol–water partition coefficient (Wildman–Crippen LogP) is 6.96. The van der Waals surface area contributed by atoms with Crippen molar-refractivity contribution in [1.82, 2.24) is 21.3 Å². The molecule has 2 aliphatic heterocycles. The molecule has 6 aromatic carbocycles. The van der Waals surface area contributed by atoms with Crippen LogP contribution in [0.3, 0.4) is 0 Å². The number of anilines is 4. The molecule has 0 aromatic heterocycles. The van der Waals surface area contributed by atoms with E-state index in [0.717, 1.165) is 41.6 Å². The van der Waals surface area contributed by atoms with Crippen molar-refractivity contribution in [3.05, 3.63) is 129 Å². The lowest BCUT2D eigenvalue weighted by Crippen LogP contribution is -2.56. The van der Waals surface area contributed by atoms with Crippen molar-refractivity contribution in [3.8, 4) is 11.5 Å². The molecule has 0 spiro atoms. The van der Waals surface area contributed by atoms with Crippen molar-refractivity contribution in [2.45, 2.75) is 63.9 Å². The summed E-state index contributed by atoms with van der Waals surface area (Å²) in [5.41, 5.74) is 3.09. The molecule has 16 nitrogen and oxygen atoms in total. The SMILES string of the molecule is CN[C@@H](C)C(=O)N[C@H]1CN(C(=O)CCC(=O)N2C[C@H](NC(=O)[C@H](C)NC)C(=O)N(Cc3c(OC)ccc4cc(Br)ccc34)c3ccccc32)c2ccccc2N(Cc2c(OC)ccc3cc(Br)ccc23)C1=O. The van der Waals surface area contributed by atoms with Crippen LogP contribution in [0.15, 0.2) is 118 Å². The molecule has 18 heteroatoms. The van der Waals surface area contributed by atoms with Gasteiger partial charge < -0.3 is 50.3 Å². The molecule has 6 amide bonds. The first-order valence-electron chi connectivity index (χ1n) is 23.5. The van der Waals surface area contributed by atoms with E-state index in [9.17, 15) is 28.8 Å². The maximum atomic E-state index is 15.0. The number of rotatable bonds is 15. The number of amides is 6. The lowest BCUT2D eigenvalue weighted by atomic mass is 10.0. The highest BCUT2D eigenvalue weighted by Gasteiger charge is 2.40. The zero-order chi connectivity index (χ0) is 51.4. The highest BCUT2D eigenvalue weighted by molar-refractivity contribution is 9.10. The second kappa shape index (κ2) is 22.3. The number of para-hydroxylation sites is 4. The van der Waals surface area contributed by atoms with Crippen molar-refractivity contribution in [2.24, 2.45) is 0 Å². The van der Waals surface area contributed by atoms with Gasteiger partial charge in [0.05, 0.1) is 75.2 Å². The van der Waals surface area contributed by atoms with Crippen molar-refractivity contribution < 1.29 is 38.2 Å². The minimum Gasteiger partial charge on any atom is -0.496 e. The molecule has 0 saturated carbocycles. The van der Waals surface area contributed by atoms with Crippen LogP contribution in [-0.2, 0) is 41.9 Å². The second-order valence-corrected chi connectivity index (χ2v) is 19.5. The Morgan fingerprint density at radius 3 is 1.31 bits per heavy atom. The van der Waals surface area contributed by atoms with Gasteiger partial charge in [-0.15, -0.1) is 0 Å². The molecular formula is C54H56Br2N8O8. The van der Waals surface area contributed by atoms with Gasteiger partial charge in [0.15, 0.2) is 0 Å². The largest absolute Gasteiger partial charge is 0.496 e. The van der Waals surface area contributed by atoms with Crippen molar-refractivity contribution in [3.63, 3.8) is 0 Å². The number of likely N-dealkylation sites (N-methyl/N-ethyl adjacent to an activating group) is 2. The summed E-state index contributed by atoms with van der Waals surface area (Å²) in [6.07, 6.45) is -0.623. The van der Waals surface area contributed by atoms with Crippen LogP contribution < -0.4 is 50.3 Å². The van der Waals surface area contributed by atoms with E-state index in [-0.39, 0.29) is 39.0 Å². The van der Waals surface area contributed by atoms with Gasteiger partial charge in [0, 0.05) is 32.9 Å². The van der Waals surface area contributed by atoms with E-state index in [1.54, 1.807) is 100 Å². The molecule has 2 heterocycles. The van der Waals surface area contributed by atoms with Gasteiger partial charge in [-0.1, -0.05) is 80.4 Å². The van der Waals surface area contributed by atoms with Crippen LogP contribution in [0, 0.1) is 0 Å². The number of hydrogen-bond donors (Lipinski definition) is 4. The number of ether oxygens (including phenoxy) is 2. The fraction of sp³-hybridized carbons (Fsp3) is 0.296. The summed E-state index contributed by atoms with van der Waals surface area (Å²) in [5.74, 6) is -1.66. The molecule has 72 heavy (non-hydrogen) atoms. The summed E-state index contributed by atoms with van der Waals surface area (Å²) in [7, 11) is 6.40. The number of carbonyl (C=O) groups is 6. The van der Waals surface area contributed by atoms with Gasteiger partial charge in [-0.05, 0) is 110 Å². The number of nitrogens with one attached hydrogen (secondary N) is 4. The Morgan fingerprint density at radius 1 is 0.569 bits per heavy atom. The molecule has 8 rings (SSSR count). The smallest absolute Gasteiger partial charge is 0.251 e. The summed E-state index contributed by atoms with van der Waals surface area (Å²) < 4.78 is 13.4. The molecule has 0 aliphatic carbocycles. The first-order chi connectivity index (χ1) is 34.6. The number of methoxy groups -OCH3 is 2. The van der Waals surface area contributed by atoms with E-state index in [4.69, 9.17) is 9.47 Å². The highest BCUT2D eigenvalue weighted by atomic mass is 79.9. The molecule has 0 unspecified atom stereocenters. The van der Waals surface area contributed by atoms with Gasteiger partial charge in [-0.3, -0.25) is 28.8 Å². The van der Waals surface area contributed by atoms with Crippen LogP contribution in [0.25, 0.3) is 21.5 Å². The molecule has 0 fully saturated rings. The van der Waals surface area contributed by atoms with Crippen LogP contribution in [0.2, 0.25) is 0 Å². The zero-order valence-electron chi connectivity index (χ0n) is 40.8. The molecule has 0 bridgehead atoms. The molecular weight excluding hydrogens is 1050 g/mol. The Balaban J connectivity index is 1.14. The number of fused-ring (bicyclic) bond motifs is 4. The molecule has 4 atom stereocenters. The number of benzene rings is 6. The van der Waals surface area contributed by atoms with Gasteiger partial charge in [-0.25, -0.2) is 0 Å². The quantitative estimate of drug-likeness (QED) is 0.0840. The third-order valence-corrected chi connectivity index (χ3v) is 14.4. The first kappa shape index (κ1) is 51.5. The van der Waals surface area contributed by atoms with Crippen LogP contribution in [0.1, 0.15) is 37.8 Å². The van der Waals surface area contributed by atoms with Crippen LogP contribution in [0.5, 0.6) is 11.5 Å².